The number of hydrogen-bond donors (Lipinski definition) is 2. The number of aromatic nitrogens is 2. The average molecular weight is 532 g/mol. The van der Waals surface area contributed by atoms with Crippen molar-refractivity contribution < 1.29 is 19.4 Å². The number of carbonyl (C=O) groups is 2. The number of aromatic carboxylic acids is 1. The highest BCUT2D eigenvalue weighted by Crippen LogP contribution is 2.36. The maximum absolute atomic E-state index is 13.1. The first-order chi connectivity index (χ1) is 19.5. The molecule has 4 aromatic carbocycles. The first-order valence-electron chi connectivity index (χ1n) is 13.6. The molecule has 0 saturated heterocycles. The molecule has 1 aliphatic carbocycles. The van der Waals surface area contributed by atoms with Crippen molar-refractivity contribution in [3.63, 3.8) is 0 Å². The minimum atomic E-state index is -0.969. The molecule has 1 saturated carbocycles. The summed E-state index contributed by atoms with van der Waals surface area (Å²) in [6, 6.07) is 29.6. The number of anilines is 1. The van der Waals surface area contributed by atoms with Crippen LogP contribution >= 0.6 is 0 Å². The van der Waals surface area contributed by atoms with Crippen molar-refractivity contribution in [2.75, 3.05) is 5.32 Å². The van der Waals surface area contributed by atoms with Crippen LogP contribution in [0.15, 0.2) is 97.1 Å². The molecule has 1 heterocycles. The van der Waals surface area contributed by atoms with E-state index in [-0.39, 0.29) is 11.5 Å². The van der Waals surface area contributed by atoms with Gasteiger partial charge >= 0.3 is 5.97 Å². The summed E-state index contributed by atoms with van der Waals surface area (Å²) < 4.78 is 8.14. The molecule has 7 nitrogen and oxygen atoms in total. The topological polar surface area (TPSA) is 93.4 Å². The highest BCUT2D eigenvalue weighted by atomic mass is 16.5. The second kappa shape index (κ2) is 11.1. The van der Waals surface area contributed by atoms with Crippen LogP contribution in [-0.2, 0) is 0 Å². The van der Waals surface area contributed by atoms with E-state index >= 15 is 0 Å². The van der Waals surface area contributed by atoms with E-state index in [4.69, 9.17) is 9.72 Å². The van der Waals surface area contributed by atoms with E-state index in [1.165, 1.54) is 6.42 Å². The van der Waals surface area contributed by atoms with Gasteiger partial charge in [0.15, 0.2) is 0 Å². The van der Waals surface area contributed by atoms with Gasteiger partial charge in [0.1, 0.15) is 17.3 Å². The monoisotopic (exact) mass is 531 g/mol. The van der Waals surface area contributed by atoms with Crippen LogP contribution in [0.5, 0.6) is 11.5 Å². The molecule has 2 N–H and O–H groups in total. The molecule has 6 rings (SSSR count). The molecular formula is C33H29N3O4. The zero-order valence-electron chi connectivity index (χ0n) is 21.9. The smallest absolute Gasteiger partial charge is 0.335 e. The summed E-state index contributed by atoms with van der Waals surface area (Å²) in [5, 5.41) is 12.4. The van der Waals surface area contributed by atoms with Crippen molar-refractivity contribution >= 4 is 28.6 Å². The minimum absolute atomic E-state index is 0.220. The van der Waals surface area contributed by atoms with Crippen LogP contribution in [-0.4, -0.2) is 26.5 Å². The number of ether oxygens (including phenoxy) is 1. The van der Waals surface area contributed by atoms with Crippen molar-refractivity contribution in [2.24, 2.45) is 0 Å². The molecule has 1 aliphatic rings. The lowest BCUT2D eigenvalue weighted by molar-refractivity contribution is 0.0696. The van der Waals surface area contributed by atoms with Crippen LogP contribution in [0.1, 0.15) is 58.9 Å². The highest BCUT2D eigenvalue weighted by Gasteiger charge is 2.23. The SMILES string of the molecule is O=C(O)c1ccc2c(c1)nc(-c1ccc(C(=O)Nc3cccc(Oc4ccccc4)c3)cc1)n2C1CCCCC1. The number of carboxylic acids is 1. The van der Waals surface area contributed by atoms with Crippen molar-refractivity contribution in [1.82, 2.24) is 9.55 Å². The Labute approximate surface area is 232 Å². The first-order valence-corrected chi connectivity index (χ1v) is 13.6. The van der Waals surface area contributed by atoms with E-state index in [9.17, 15) is 14.7 Å². The van der Waals surface area contributed by atoms with Crippen LogP contribution in [0, 0.1) is 0 Å². The zero-order chi connectivity index (χ0) is 27.5. The molecule has 40 heavy (non-hydrogen) atoms. The molecule has 0 atom stereocenters. The van der Waals surface area contributed by atoms with Crippen LogP contribution in [0.4, 0.5) is 5.69 Å². The standard InChI is InChI=1S/C33H29N3O4/c37-32(34-25-8-7-13-28(21-25)40-27-11-5-2-6-12-27)23-16-14-22(15-17-23)31-35-29-20-24(33(38)39)18-19-30(29)36(31)26-9-3-1-4-10-26/h2,5-8,11-21,26H,1,3-4,9-10H2,(H,34,37)(H,38,39). The number of nitrogens with zero attached hydrogens (tertiary/aromatic N) is 2. The summed E-state index contributed by atoms with van der Waals surface area (Å²) in [5.41, 5.74) is 3.86. The molecular weight excluding hydrogens is 502 g/mol. The number of fused-ring (bicyclic) bond motifs is 1. The van der Waals surface area contributed by atoms with Crippen molar-refractivity contribution in [1.29, 1.82) is 0 Å². The highest BCUT2D eigenvalue weighted by molar-refractivity contribution is 6.04. The molecule has 0 aliphatic heterocycles. The third kappa shape index (κ3) is 5.31. The Morgan fingerprint density at radius 2 is 1.52 bits per heavy atom. The summed E-state index contributed by atoms with van der Waals surface area (Å²) >= 11 is 0. The normalized spacial score (nSPS) is 13.7. The third-order valence-corrected chi connectivity index (χ3v) is 7.35. The van der Waals surface area contributed by atoms with E-state index in [0.29, 0.717) is 28.6 Å². The number of benzene rings is 4. The molecule has 0 spiro atoms. The van der Waals surface area contributed by atoms with E-state index in [2.05, 4.69) is 9.88 Å². The summed E-state index contributed by atoms with van der Waals surface area (Å²) in [5.74, 6) is 0.952. The van der Waals surface area contributed by atoms with Crippen molar-refractivity contribution in [3.05, 3.63) is 108 Å². The minimum Gasteiger partial charge on any atom is -0.478 e. The molecule has 1 aromatic heterocycles. The Hall–Kier alpha value is -4.91. The molecule has 0 radical (unpaired) electrons. The predicted molar refractivity (Wildman–Crippen MR) is 155 cm³/mol. The summed E-state index contributed by atoms with van der Waals surface area (Å²) in [7, 11) is 0. The maximum atomic E-state index is 13.1. The second-order valence-corrected chi connectivity index (χ2v) is 10.1. The van der Waals surface area contributed by atoms with Gasteiger partial charge in [0.2, 0.25) is 0 Å². The number of hydrogen-bond acceptors (Lipinski definition) is 4. The fourth-order valence-electron chi connectivity index (χ4n) is 5.38. The van der Waals surface area contributed by atoms with Crippen molar-refractivity contribution in [3.8, 4) is 22.9 Å². The van der Waals surface area contributed by atoms with Crippen molar-refractivity contribution in [2.45, 2.75) is 38.1 Å². The van der Waals surface area contributed by atoms with Crippen LogP contribution in [0.3, 0.4) is 0 Å². The third-order valence-electron chi connectivity index (χ3n) is 7.35. The van der Waals surface area contributed by atoms with Gasteiger partial charge in [-0.15, -0.1) is 0 Å². The van der Waals surface area contributed by atoms with Gasteiger partial charge in [-0.25, -0.2) is 9.78 Å². The van der Waals surface area contributed by atoms with Crippen LogP contribution in [0.2, 0.25) is 0 Å². The quantitative estimate of drug-likeness (QED) is 0.222. The van der Waals surface area contributed by atoms with E-state index < -0.39 is 5.97 Å². The average Bonchev–Trinajstić information content (AvgIpc) is 3.37. The second-order valence-electron chi connectivity index (χ2n) is 10.1. The Morgan fingerprint density at radius 3 is 2.27 bits per heavy atom. The van der Waals surface area contributed by atoms with Gasteiger partial charge in [0.05, 0.1) is 16.6 Å². The lowest BCUT2D eigenvalue weighted by Gasteiger charge is -2.25. The van der Waals surface area contributed by atoms with Gasteiger partial charge < -0.3 is 19.7 Å². The zero-order valence-corrected chi connectivity index (χ0v) is 21.9. The van der Waals surface area contributed by atoms with E-state index in [1.54, 1.807) is 30.3 Å². The molecule has 200 valence electrons. The Morgan fingerprint density at radius 1 is 0.800 bits per heavy atom. The predicted octanol–water partition coefficient (Wildman–Crippen LogP) is 7.95. The fourth-order valence-corrected chi connectivity index (χ4v) is 5.38. The first kappa shape index (κ1) is 25.4. The lowest BCUT2D eigenvalue weighted by Crippen LogP contribution is -2.14. The number of carboxylic acid groups (broad SMARTS) is 1. The van der Waals surface area contributed by atoms with E-state index in [0.717, 1.165) is 48.3 Å². The van der Waals surface area contributed by atoms with Gasteiger partial charge in [-0.1, -0.05) is 55.7 Å². The van der Waals surface area contributed by atoms with Gasteiger partial charge in [0.25, 0.3) is 5.91 Å². The number of imidazole rings is 1. The van der Waals surface area contributed by atoms with Gasteiger partial charge in [0, 0.05) is 28.9 Å². The molecule has 0 unspecified atom stereocenters. The van der Waals surface area contributed by atoms with Crippen LogP contribution in [0.25, 0.3) is 22.4 Å². The summed E-state index contributed by atoms with van der Waals surface area (Å²) in [6.07, 6.45) is 5.67. The molecule has 7 heteroatoms. The Kier molecular flexibility index (Phi) is 7.02. The summed E-state index contributed by atoms with van der Waals surface area (Å²) in [6.45, 7) is 0. The molecule has 1 fully saturated rings. The lowest BCUT2D eigenvalue weighted by atomic mass is 9.94. The molecule has 1 amide bonds. The van der Waals surface area contributed by atoms with Gasteiger partial charge in [-0.2, -0.15) is 0 Å². The van der Waals surface area contributed by atoms with Gasteiger partial charge in [-0.3, -0.25) is 4.79 Å². The Bertz CT molecular complexity index is 1670. The summed E-state index contributed by atoms with van der Waals surface area (Å²) in [4.78, 5) is 29.5. The van der Waals surface area contributed by atoms with Crippen LogP contribution < -0.4 is 10.1 Å². The molecule has 5 aromatic rings. The Balaban J connectivity index is 1.25. The van der Waals surface area contributed by atoms with E-state index in [1.807, 2.05) is 66.7 Å². The fraction of sp³-hybridized carbons (Fsp3) is 0.182. The number of carbonyl (C=O) groups excluding carboxylic acids is 1. The maximum Gasteiger partial charge on any atom is 0.335 e. The van der Waals surface area contributed by atoms with Gasteiger partial charge in [-0.05, 0) is 67.4 Å². The number of para-hydroxylation sites is 1. The largest absolute Gasteiger partial charge is 0.478 e. The number of amides is 1. The number of nitrogens with one attached hydrogen (secondary N) is 1. The number of rotatable bonds is 7. The molecule has 0 bridgehead atoms.